The van der Waals surface area contributed by atoms with E-state index in [2.05, 4.69) is 0 Å². The first-order valence-corrected chi connectivity index (χ1v) is 10.8. The summed E-state index contributed by atoms with van der Waals surface area (Å²) in [4.78, 5) is 12.9. The van der Waals surface area contributed by atoms with Crippen molar-refractivity contribution in [2.45, 2.75) is 42.4 Å². The number of hydrogen-bond acceptors (Lipinski definition) is 3. The Morgan fingerprint density at radius 3 is 2.70 bits per heavy atom. The molecule has 27 heavy (non-hydrogen) atoms. The largest absolute Gasteiger partial charge is 0.477 e. The monoisotopic (exact) mass is 428 g/mol. The molecule has 2 aromatic rings. The Morgan fingerprint density at radius 2 is 2.04 bits per heavy atom. The third-order valence-corrected chi connectivity index (χ3v) is 7.20. The van der Waals surface area contributed by atoms with Crippen molar-refractivity contribution in [1.82, 2.24) is 0 Å². The maximum atomic E-state index is 13.3. The highest BCUT2D eigenvalue weighted by atomic mass is 35.5. The highest BCUT2D eigenvalue weighted by molar-refractivity contribution is 8.02. The van der Waals surface area contributed by atoms with Gasteiger partial charge in [-0.15, -0.1) is 22.9 Å². The second-order valence-electron chi connectivity index (χ2n) is 6.54. The zero-order chi connectivity index (χ0) is 19.4. The van der Waals surface area contributed by atoms with Crippen LogP contribution in [0.3, 0.4) is 0 Å². The number of allylic oxidation sites excluding steroid dienone is 1. The minimum Gasteiger partial charge on any atom is -0.477 e. The Labute approximate surface area is 170 Å². The minimum absolute atomic E-state index is 0.0685. The van der Waals surface area contributed by atoms with E-state index in [1.807, 2.05) is 11.5 Å². The van der Waals surface area contributed by atoms with Crippen LogP contribution in [0.15, 0.2) is 46.2 Å². The van der Waals surface area contributed by atoms with Gasteiger partial charge in [0.1, 0.15) is 16.5 Å². The molecule has 1 aliphatic rings. The molecule has 0 unspecified atom stereocenters. The van der Waals surface area contributed by atoms with Crippen molar-refractivity contribution in [2.24, 2.45) is 5.92 Å². The van der Waals surface area contributed by atoms with Crippen LogP contribution in [0.25, 0.3) is 0 Å². The molecule has 2 nitrogen and oxygen atoms in total. The Hall–Kier alpha value is -1.37. The predicted octanol–water partition coefficient (Wildman–Crippen LogP) is 6.74. The Bertz CT molecular complexity index is 830. The van der Waals surface area contributed by atoms with Gasteiger partial charge in [-0.25, -0.2) is 13.6 Å². The molecule has 3 rings (SSSR count). The second-order valence-corrected chi connectivity index (χ2v) is 9.21. The maximum absolute atomic E-state index is 13.3. The summed E-state index contributed by atoms with van der Waals surface area (Å²) in [6, 6.07) is 7.02. The average Bonchev–Trinajstić information content (AvgIpc) is 3.20. The first kappa shape index (κ1) is 20.4. The van der Waals surface area contributed by atoms with E-state index in [4.69, 9.17) is 16.7 Å². The van der Waals surface area contributed by atoms with Gasteiger partial charge in [-0.05, 0) is 67.7 Å². The second kappa shape index (κ2) is 9.22. The summed E-state index contributed by atoms with van der Waals surface area (Å²) in [5.74, 6) is -1.80. The van der Waals surface area contributed by atoms with Crippen LogP contribution >= 0.6 is 34.7 Å². The van der Waals surface area contributed by atoms with Crippen LogP contribution in [0, 0.1) is 17.6 Å². The van der Waals surface area contributed by atoms with Crippen molar-refractivity contribution < 1.29 is 18.7 Å². The first-order chi connectivity index (χ1) is 12.9. The summed E-state index contributed by atoms with van der Waals surface area (Å²) in [6.45, 7) is 0. The van der Waals surface area contributed by atoms with Crippen molar-refractivity contribution >= 4 is 40.7 Å². The number of carboxylic acid groups (broad SMARTS) is 1. The van der Waals surface area contributed by atoms with E-state index in [9.17, 15) is 13.6 Å². The normalized spacial score (nSPS) is 21.1. The molecule has 1 aliphatic carbocycles. The SMILES string of the molecule is O=C(O)c1ccc(CCC[C@@H]2/C(=C\Sc3cc(F)cc(F)c3)CC[C@H]2Cl)s1. The molecule has 144 valence electrons. The summed E-state index contributed by atoms with van der Waals surface area (Å²) in [5.41, 5.74) is 1.22. The number of carbonyl (C=O) groups is 1. The lowest BCUT2D eigenvalue weighted by atomic mass is 9.97. The predicted molar refractivity (Wildman–Crippen MR) is 107 cm³/mol. The molecular formula is C20H19ClF2O2S2. The smallest absolute Gasteiger partial charge is 0.345 e. The van der Waals surface area contributed by atoms with Crippen molar-refractivity contribution in [3.8, 4) is 0 Å². The van der Waals surface area contributed by atoms with Crippen molar-refractivity contribution in [1.29, 1.82) is 0 Å². The number of thiophene rings is 1. The molecule has 1 N–H and O–H groups in total. The molecule has 0 spiro atoms. The Morgan fingerprint density at radius 1 is 1.30 bits per heavy atom. The van der Waals surface area contributed by atoms with Gasteiger partial charge in [-0.2, -0.15) is 0 Å². The highest BCUT2D eigenvalue weighted by Crippen LogP contribution is 2.40. The summed E-state index contributed by atoms with van der Waals surface area (Å²) in [7, 11) is 0. The zero-order valence-corrected chi connectivity index (χ0v) is 16.8. The Kier molecular flexibility index (Phi) is 6.95. The quantitative estimate of drug-likeness (QED) is 0.392. The average molecular weight is 429 g/mol. The van der Waals surface area contributed by atoms with Crippen LogP contribution in [0.5, 0.6) is 0 Å². The zero-order valence-electron chi connectivity index (χ0n) is 14.5. The van der Waals surface area contributed by atoms with Crippen LogP contribution in [0.1, 0.15) is 40.2 Å². The molecule has 1 aromatic carbocycles. The van der Waals surface area contributed by atoms with Gasteiger partial charge in [0.2, 0.25) is 0 Å². The molecule has 0 radical (unpaired) electrons. The number of alkyl halides is 1. The highest BCUT2D eigenvalue weighted by Gasteiger charge is 2.29. The fourth-order valence-corrected chi connectivity index (χ4v) is 5.53. The lowest BCUT2D eigenvalue weighted by Gasteiger charge is -2.15. The number of benzene rings is 1. The van der Waals surface area contributed by atoms with E-state index in [1.54, 1.807) is 6.07 Å². The minimum atomic E-state index is -0.890. The number of hydrogen-bond donors (Lipinski definition) is 1. The molecule has 1 saturated carbocycles. The van der Waals surface area contributed by atoms with Crippen molar-refractivity contribution in [3.05, 3.63) is 62.7 Å². The van der Waals surface area contributed by atoms with Gasteiger partial charge in [-0.3, -0.25) is 0 Å². The van der Waals surface area contributed by atoms with E-state index in [0.29, 0.717) is 9.77 Å². The van der Waals surface area contributed by atoms with Gasteiger partial charge in [0.05, 0.1) is 0 Å². The topological polar surface area (TPSA) is 37.3 Å². The van der Waals surface area contributed by atoms with Crippen LogP contribution in [0.2, 0.25) is 0 Å². The standard InChI is InChI=1S/C20H19ClF2O2S2/c21-18-6-4-12(11-26-16-9-13(22)8-14(23)10-16)17(18)3-1-2-15-5-7-19(27-15)20(24)25/h5,7-11,17-18H,1-4,6H2,(H,24,25)/b12-11-/t17-,18-/m1/s1. The number of aromatic carboxylic acids is 1. The third-order valence-electron chi connectivity index (χ3n) is 4.61. The van der Waals surface area contributed by atoms with Crippen molar-refractivity contribution in [2.75, 3.05) is 0 Å². The molecule has 2 atom stereocenters. The molecule has 1 heterocycles. The molecule has 0 bridgehead atoms. The van der Waals surface area contributed by atoms with Gasteiger partial charge in [0.25, 0.3) is 0 Å². The first-order valence-electron chi connectivity index (χ1n) is 8.70. The van der Waals surface area contributed by atoms with Crippen LogP contribution in [-0.4, -0.2) is 16.5 Å². The molecule has 0 saturated heterocycles. The molecule has 0 amide bonds. The van der Waals surface area contributed by atoms with Crippen molar-refractivity contribution in [3.63, 3.8) is 0 Å². The van der Waals surface area contributed by atoms with Gasteiger partial charge in [0.15, 0.2) is 0 Å². The lowest BCUT2D eigenvalue weighted by Crippen LogP contribution is -2.09. The summed E-state index contributed by atoms with van der Waals surface area (Å²) in [5, 5.41) is 11.0. The molecule has 0 aliphatic heterocycles. The lowest BCUT2D eigenvalue weighted by molar-refractivity contribution is 0.0702. The summed E-state index contributed by atoms with van der Waals surface area (Å²) in [6.07, 6.45) is 4.46. The summed E-state index contributed by atoms with van der Waals surface area (Å²) >= 11 is 9.12. The molecule has 7 heteroatoms. The molecule has 1 aromatic heterocycles. The molecular weight excluding hydrogens is 410 g/mol. The van der Waals surface area contributed by atoms with Crippen LogP contribution < -0.4 is 0 Å². The molecule has 1 fully saturated rings. The number of thioether (sulfide) groups is 1. The van der Waals surface area contributed by atoms with E-state index in [-0.39, 0.29) is 11.3 Å². The number of rotatable bonds is 7. The third kappa shape index (κ3) is 5.56. The summed E-state index contributed by atoms with van der Waals surface area (Å²) < 4.78 is 26.6. The van der Waals surface area contributed by atoms with E-state index >= 15 is 0 Å². The maximum Gasteiger partial charge on any atom is 0.345 e. The Balaban J connectivity index is 1.58. The van der Waals surface area contributed by atoms with Gasteiger partial charge in [0, 0.05) is 21.2 Å². The van der Waals surface area contributed by atoms with E-state index in [0.717, 1.165) is 43.0 Å². The van der Waals surface area contributed by atoms with Gasteiger partial charge >= 0.3 is 5.97 Å². The van der Waals surface area contributed by atoms with E-state index in [1.165, 1.54) is 40.8 Å². The fraction of sp³-hybridized carbons (Fsp3) is 0.350. The van der Waals surface area contributed by atoms with Gasteiger partial charge in [-0.1, -0.05) is 17.3 Å². The van der Waals surface area contributed by atoms with Crippen LogP contribution in [0.4, 0.5) is 8.78 Å². The fourth-order valence-electron chi connectivity index (χ4n) is 3.30. The van der Waals surface area contributed by atoms with Crippen LogP contribution in [-0.2, 0) is 6.42 Å². The van der Waals surface area contributed by atoms with Gasteiger partial charge < -0.3 is 5.11 Å². The van der Waals surface area contributed by atoms with E-state index < -0.39 is 17.6 Å². The number of halogens is 3. The number of aryl methyl sites for hydroxylation is 1. The number of carboxylic acids is 1.